The molecule has 1 saturated heterocycles. The molecule has 2 aliphatic rings. The van der Waals surface area contributed by atoms with Gasteiger partial charge in [0.05, 0.1) is 22.3 Å². The smallest absolute Gasteiger partial charge is 0.253 e. The van der Waals surface area contributed by atoms with Crippen molar-refractivity contribution in [1.82, 2.24) is 9.88 Å². The van der Waals surface area contributed by atoms with Crippen LogP contribution in [0.15, 0.2) is 41.9 Å². The molecule has 0 saturated carbocycles. The highest BCUT2D eigenvalue weighted by atomic mass is 32.1. The molecule has 5 heteroatoms. The van der Waals surface area contributed by atoms with Crippen LogP contribution in [0.5, 0.6) is 5.75 Å². The standard InChI is InChI=1S/C20H18N2O2S/c23-20(15-1-3-17-19(10-15)25-12-21-17)22-7-5-16(11-22)13-2-4-18-14(9-13)6-8-24-18/h1-4,9-10,12,16H,5-8,11H2/t16-/m0/s1. The van der Waals surface area contributed by atoms with Gasteiger partial charge in [-0.15, -0.1) is 11.3 Å². The molecule has 1 amide bonds. The maximum atomic E-state index is 12.9. The van der Waals surface area contributed by atoms with E-state index in [1.807, 2.05) is 28.6 Å². The number of nitrogens with zero attached hydrogens (tertiary/aromatic N) is 2. The zero-order valence-corrected chi connectivity index (χ0v) is 14.6. The van der Waals surface area contributed by atoms with Gasteiger partial charge in [0, 0.05) is 31.0 Å². The Labute approximate surface area is 150 Å². The highest BCUT2D eigenvalue weighted by Gasteiger charge is 2.29. The Hall–Kier alpha value is -2.40. The number of rotatable bonds is 2. The average molecular weight is 350 g/mol. The van der Waals surface area contributed by atoms with E-state index in [4.69, 9.17) is 4.74 Å². The molecule has 25 heavy (non-hydrogen) atoms. The molecule has 2 aliphatic heterocycles. The molecule has 0 radical (unpaired) electrons. The lowest BCUT2D eigenvalue weighted by molar-refractivity contribution is 0.0791. The first-order valence-corrected chi connectivity index (χ1v) is 9.54. The quantitative estimate of drug-likeness (QED) is 0.705. The van der Waals surface area contributed by atoms with Crippen LogP contribution >= 0.6 is 11.3 Å². The second kappa shape index (κ2) is 5.85. The largest absolute Gasteiger partial charge is 0.493 e. The summed E-state index contributed by atoms with van der Waals surface area (Å²) in [6.45, 7) is 2.39. The molecule has 3 heterocycles. The summed E-state index contributed by atoms with van der Waals surface area (Å²) in [5.41, 5.74) is 6.18. The third-order valence-corrected chi connectivity index (χ3v) is 6.03. The Morgan fingerprint density at radius 3 is 3.16 bits per heavy atom. The topological polar surface area (TPSA) is 42.4 Å². The summed E-state index contributed by atoms with van der Waals surface area (Å²) in [6.07, 6.45) is 2.02. The van der Waals surface area contributed by atoms with E-state index in [0.29, 0.717) is 5.92 Å². The van der Waals surface area contributed by atoms with Crippen molar-refractivity contribution in [2.24, 2.45) is 0 Å². The van der Waals surface area contributed by atoms with Gasteiger partial charge >= 0.3 is 0 Å². The van der Waals surface area contributed by atoms with Gasteiger partial charge < -0.3 is 9.64 Å². The molecule has 1 fully saturated rings. The van der Waals surface area contributed by atoms with Crippen LogP contribution in [0, 0.1) is 0 Å². The molecule has 126 valence electrons. The Morgan fingerprint density at radius 2 is 2.20 bits per heavy atom. The van der Waals surface area contributed by atoms with Crippen LogP contribution in [0.2, 0.25) is 0 Å². The molecule has 0 spiro atoms. The molecule has 4 nitrogen and oxygen atoms in total. The highest BCUT2D eigenvalue weighted by Crippen LogP contribution is 2.33. The lowest BCUT2D eigenvalue weighted by atomic mass is 9.96. The monoisotopic (exact) mass is 350 g/mol. The molecular formula is C20H18N2O2S. The van der Waals surface area contributed by atoms with Crippen LogP contribution in [0.3, 0.4) is 0 Å². The van der Waals surface area contributed by atoms with Crippen LogP contribution in [-0.2, 0) is 6.42 Å². The number of hydrogen-bond acceptors (Lipinski definition) is 4. The number of ether oxygens (including phenoxy) is 1. The van der Waals surface area contributed by atoms with Crippen molar-refractivity contribution >= 4 is 27.5 Å². The fourth-order valence-corrected chi connectivity index (χ4v) is 4.56. The number of carbonyl (C=O) groups is 1. The number of carbonyl (C=O) groups excluding carboxylic acids is 1. The van der Waals surface area contributed by atoms with Crippen LogP contribution in [0.4, 0.5) is 0 Å². The second-order valence-corrected chi connectivity index (χ2v) is 7.62. The number of amides is 1. The van der Waals surface area contributed by atoms with Crippen LogP contribution in [0.1, 0.15) is 33.8 Å². The Balaban J connectivity index is 1.35. The van der Waals surface area contributed by atoms with E-state index in [1.54, 1.807) is 11.3 Å². The van der Waals surface area contributed by atoms with Gasteiger partial charge in [0.15, 0.2) is 0 Å². The van der Waals surface area contributed by atoms with Gasteiger partial charge in [0.1, 0.15) is 5.75 Å². The maximum absolute atomic E-state index is 12.9. The molecule has 0 aliphatic carbocycles. The van der Waals surface area contributed by atoms with Crippen LogP contribution < -0.4 is 4.74 Å². The summed E-state index contributed by atoms with van der Waals surface area (Å²) in [5.74, 6) is 1.57. The molecule has 0 N–H and O–H groups in total. The van der Waals surface area contributed by atoms with E-state index in [-0.39, 0.29) is 5.91 Å². The summed E-state index contributed by atoms with van der Waals surface area (Å²) in [6, 6.07) is 12.3. The lowest BCUT2D eigenvalue weighted by Gasteiger charge is -2.17. The van der Waals surface area contributed by atoms with Crippen molar-refractivity contribution in [3.8, 4) is 5.75 Å². The number of aromatic nitrogens is 1. The van der Waals surface area contributed by atoms with Crippen molar-refractivity contribution in [1.29, 1.82) is 0 Å². The third-order valence-electron chi connectivity index (χ3n) is 5.24. The first-order chi connectivity index (χ1) is 12.3. The minimum atomic E-state index is 0.127. The summed E-state index contributed by atoms with van der Waals surface area (Å²) in [4.78, 5) is 19.1. The fraction of sp³-hybridized carbons (Fsp3) is 0.300. The van der Waals surface area contributed by atoms with Gasteiger partial charge in [-0.05, 0) is 41.8 Å². The highest BCUT2D eigenvalue weighted by molar-refractivity contribution is 7.16. The lowest BCUT2D eigenvalue weighted by Crippen LogP contribution is -2.28. The molecule has 0 unspecified atom stereocenters. The number of likely N-dealkylation sites (tertiary alicyclic amines) is 1. The summed E-state index contributed by atoms with van der Waals surface area (Å²) < 4.78 is 6.66. The molecule has 2 aromatic carbocycles. The second-order valence-electron chi connectivity index (χ2n) is 6.74. The Kier molecular flexibility index (Phi) is 3.48. The number of fused-ring (bicyclic) bond motifs is 2. The normalized spacial score (nSPS) is 19.2. The first-order valence-electron chi connectivity index (χ1n) is 8.66. The molecule has 5 rings (SSSR count). The number of thiazole rings is 1. The fourth-order valence-electron chi connectivity index (χ4n) is 3.85. The van der Waals surface area contributed by atoms with E-state index >= 15 is 0 Å². The van der Waals surface area contributed by atoms with Crippen molar-refractivity contribution in [3.63, 3.8) is 0 Å². The van der Waals surface area contributed by atoms with Crippen LogP contribution in [0.25, 0.3) is 10.2 Å². The summed E-state index contributed by atoms with van der Waals surface area (Å²) >= 11 is 1.58. The summed E-state index contributed by atoms with van der Waals surface area (Å²) in [5, 5.41) is 0. The third kappa shape index (κ3) is 2.59. The first kappa shape index (κ1) is 14.9. The van der Waals surface area contributed by atoms with E-state index in [0.717, 1.165) is 54.1 Å². The van der Waals surface area contributed by atoms with Gasteiger partial charge in [-0.2, -0.15) is 0 Å². The van der Waals surface area contributed by atoms with Crippen molar-refractivity contribution in [2.75, 3.05) is 19.7 Å². The van der Waals surface area contributed by atoms with Gasteiger partial charge in [-0.3, -0.25) is 4.79 Å². The Bertz CT molecular complexity index is 965. The predicted molar refractivity (Wildman–Crippen MR) is 98.5 cm³/mol. The number of benzene rings is 2. The SMILES string of the molecule is O=C(c1ccc2ncsc2c1)N1CC[C@H](c2ccc3c(c2)CCO3)C1. The van der Waals surface area contributed by atoms with Crippen LogP contribution in [-0.4, -0.2) is 35.5 Å². The number of hydrogen-bond donors (Lipinski definition) is 0. The minimum absolute atomic E-state index is 0.127. The molecule has 3 aromatic rings. The predicted octanol–water partition coefficient (Wildman–Crippen LogP) is 3.86. The zero-order chi connectivity index (χ0) is 16.8. The molecular weight excluding hydrogens is 332 g/mol. The van der Waals surface area contributed by atoms with Gasteiger partial charge in [0.2, 0.25) is 0 Å². The van der Waals surface area contributed by atoms with Gasteiger partial charge in [0.25, 0.3) is 5.91 Å². The zero-order valence-electron chi connectivity index (χ0n) is 13.8. The Morgan fingerprint density at radius 1 is 1.24 bits per heavy atom. The molecule has 1 aromatic heterocycles. The van der Waals surface area contributed by atoms with Gasteiger partial charge in [-0.1, -0.05) is 12.1 Å². The van der Waals surface area contributed by atoms with E-state index in [1.165, 1.54) is 11.1 Å². The average Bonchev–Trinajstić information content (AvgIpc) is 3.39. The maximum Gasteiger partial charge on any atom is 0.253 e. The minimum Gasteiger partial charge on any atom is -0.493 e. The van der Waals surface area contributed by atoms with E-state index < -0.39 is 0 Å². The molecule has 0 bridgehead atoms. The van der Waals surface area contributed by atoms with E-state index in [2.05, 4.69) is 23.2 Å². The van der Waals surface area contributed by atoms with Crippen molar-refractivity contribution < 1.29 is 9.53 Å². The van der Waals surface area contributed by atoms with E-state index in [9.17, 15) is 4.79 Å². The summed E-state index contributed by atoms with van der Waals surface area (Å²) in [7, 11) is 0. The van der Waals surface area contributed by atoms with Crippen molar-refractivity contribution in [3.05, 3.63) is 58.6 Å². The molecule has 1 atom stereocenters. The van der Waals surface area contributed by atoms with Crippen molar-refractivity contribution in [2.45, 2.75) is 18.8 Å². The van der Waals surface area contributed by atoms with Gasteiger partial charge in [-0.25, -0.2) is 4.98 Å².